The number of rotatable bonds is 5. The van der Waals surface area contributed by atoms with Crippen molar-refractivity contribution in [2.24, 2.45) is 0 Å². The van der Waals surface area contributed by atoms with Crippen LogP contribution < -0.4 is 10.4 Å². The van der Waals surface area contributed by atoms with E-state index in [1.54, 1.807) is 0 Å². The molecule has 2 aromatic carbocycles. The highest BCUT2D eigenvalue weighted by Gasteiger charge is 2.51. The highest BCUT2D eigenvalue weighted by molar-refractivity contribution is 6.99. The minimum Gasteiger partial charge on any atom is -0.476 e. The Labute approximate surface area is 184 Å². The van der Waals surface area contributed by atoms with Gasteiger partial charge in [-0.15, -0.1) is 0 Å². The van der Waals surface area contributed by atoms with Gasteiger partial charge in [-0.05, 0) is 28.3 Å². The summed E-state index contributed by atoms with van der Waals surface area (Å²) in [4.78, 5) is 20.0. The number of carboxylic acid groups (broad SMARTS) is 1. The summed E-state index contributed by atoms with van der Waals surface area (Å²) in [5, 5.41) is 11.6. The zero-order chi connectivity index (χ0) is 22.1. The second-order valence-corrected chi connectivity index (χ2v) is 13.4. The average Bonchev–Trinajstić information content (AvgIpc) is 2.77. The van der Waals surface area contributed by atoms with Crippen molar-refractivity contribution in [2.45, 2.75) is 51.2 Å². The highest BCUT2D eigenvalue weighted by atomic mass is 28.4. The third kappa shape index (κ3) is 4.05. The molecule has 0 fully saturated rings. The molecule has 5 nitrogen and oxygen atoms in total. The second kappa shape index (κ2) is 8.36. The number of hydrogen-bond acceptors (Lipinski definition) is 4. The van der Waals surface area contributed by atoms with E-state index >= 15 is 0 Å². The third-order valence-electron chi connectivity index (χ3n) is 6.03. The van der Waals surface area contributed by atoms with Crippen LogP contribution in [-0.2, 0) is 17.3 Å². The van der Waals surface area contributed by atoms with Crippen molar-refractivity contribution in [2.75, 3.05) is 0 Å². The number of hydrogen-bond donors (Lipinski definition) is 1. The van der Waals surface area contributed by atoms with Crippen LogP contribution in [0, 0.1) is 0 Å². The Balaban J connectivity index is 1.75. The van der Waals surface area contributed by atoms with E-state index in [0.29, 0.717) is 12.8 Å². The van der Waals surface area contributed by atoms with Gasteiger partial charge in [-0.1, -0.05) is 81.4 Å². The summed E-state index contributed by atoms with van der Waals surface area (Å²) in [5.41, 5.74) is 1.63. The van der Waals surface area contributed by atoms with Crippen molar-refractivity contribution in [3.8, 4) is 0 Å². The zero-order valence-electron chi connectivity index (χ0n) is 18.2. The molecule has 0 radical (unpaired) electrons. The highest BCUT2D eigenvalue weighted by Crippen LogP contribution is 2.38. The predicted octanol–water partition coefficient (Wildman–Crippen LogP) is 3.61. The molecule has 3 aromatic rings. The van der Waals surface area contributed by atoms with Crippen LogP contribution in [0.3, 0.4) is 0 Å². The molecule has 0 saturated carbocycles. The molecule has 160 valence electrons. The first-order valence-corrected chi connectivity index (χ1v) is 12.6. The molecular formula is C25H28N2O3Si. The largest absolute Gasteiger partial charge is 0.476 e. The van der Waals surface area contributed by atoms with Crippen molar-refractivity contribution in [3.05, 3.63) is 83.9 Å². The minimum absolute atomic E-state index is 0.00350. The SMILES string of the molecule is CC(C)(C)[Si](OC1CCc2nc(C(=O)O)cnc2C1)(c1ccccc1)c1ccccc1. The Hall–Kier alpha value is -2.83. The number of aromatic nitrogens is 2. The Morgan fingerprint density at radius 1 is 1.00 bits per heavy atom. The predicted molar refractivity (Wildman–Crippen MR) is 124 cm³/mol. The van der Waals surface area contributed by atoms with Gasteiger partial charge in [-0.3, -0.25) is 4.98 Å². The molecule has 31 heavy (non-hydrogen) atoms. The summed E-state index contributed by atoms with van der Waals surface area (Å²) >= 11 is 0. The molecule has 6 heteroatoms. The number of aromatic carboxylic acids is 1. The summed E-state index contributed by atoms with van der Waals surface area (Å²) in [7, 11) is -2.63. The molecule has 1 atom stereocenters. The molecule has 1 heterocycles. The number of nitrogens with zero attached hydrogens (tertiary/aromatic N) is 2. The maximum absolute atomic E-state index is 11.2. The van der Waals surface area contributed by atoms with Crippen molar-refractivity contribution >= 4 is 24.7 Å². The van der Waals surface area contributed by atoms with E-state index in [-0.39, 0.29) is 16.8 Å². The number of fused-ring (bicyclic) bond motifs is 1. The Kier molecular flexibility index (Phi) is 5.77. The van der Waals surface area contributed by atoms with Gasteiger partial charge in [0.25, 0.3) is 8.32 Å². The molecule has 0 bridgehead atoms. The topological polar surface area (TPSA) is 72.3 Å². The first-order valence-electron chi connectivity index (χ1n) is 10.7. The summed E-state index contributed by atoms with van der Waals surface area (Å²) in [6, 6.07) is 21.2. The molecular weight excluding hydrogens is 404 g/mol. The van der Waals surface area contributed by atoms with E-state index in [4.69, 9.17) is 4.43 Å². The number of carboxylic acids is 1. The molecule has 1 unspecified atom stereocenters. The van der Waals surface area contributed by atoms with Crippen molar-refractivity contribution < 1.29 is 14.3 Å². The average molecular weight is 433 g/mol. The Bertz CT molecular complexity index is 1030. The summed E-state index contributed by atoms with van der Waals surface area (Å²) < 4.78 is 7.20. The maximum Gasteiger partial charge on any atom is 0.356 e. The van der Waals surface area contributed by atoms with Gasteiger partial charge in [0.2, 0.25) is 0 Å². The quantitative estimate of drug-likeness (QED) is 0.624. The molecule has 4 rings (SSSR count). The van der Waals surface area contributed by atoms with Crippen LogP contribution in [0.5, 0.6) is 0 Å². The number of benzene rings is 2. The van der Waals surface area contributed by atoms with Gasteiger partial charge < -0.3 is 9.53 Å². The van der Waals surface area contributed by atoms with E-state index in [9.17, 15) is 9.90 Å². The molecule has 0 amide bonds. The van der Waals surface area contributed by atoms with E-state index in [1.807, 2.05) is 12.1 Å². The van der Waals surface area contributed by atoms with Crippen LogP contribution >= 0.6 is 0 Å². The Morgan fingerprint density at radius 3 is 2.10 bits per heavy atom. The van der Waals surface area contributed by atoms with Crippen LogP contribution in [-0.4, -0.2) is 35.5 Å². The van der Waals surface area contributed by atoms with Gasteiger partial charge >= 0.3 is 5.97 Å². The molecule has 0 aliphatic heterocycles. The molecule has 0 saturated heterocycles. The monoisotopic (exact) mass is 432 g/mol. The van der Waals surface area contributed by atoms with E-state index in [2.05, 4.69) is 79.3 Å². The van der Waals surface area contributed by atoms with E-state index < -0.39 is 14.3 Å². The van der Waals surface area contributed by atoms with Crippen LogP contribution in [0.4, 0.5) is 0 Å². The molecule has 0 spiro atoms. The molecule has 1 aliphatic carbocycles. The van der Waals surface area contributed by atoms with Gasteiger partial charge in [-0.2, -0.15) is 0 Å². The maximum atomic E-state index is 11.2. The lowest BCUT2D eigenvalue weighted by Crippen LogP contribution is -2.68. The Morgan fingerprint density at radius 2 is 1.58 bits per heavy atom. The lowest BCUT2D eigenvalue weighted by Gasteiger charge is -2.45. The first-order chi connectivity index (χ1) is 14.8. The van der Waals surface area contributed by atoms with Crippen LogP contribution in [0.1, 0.15) is 49.1 Å². The fourth-order valence-electron chi connectivity index (χ4n) is 4.58. The number of carbonyl (C=O) groups is 1. The van der Waals surface area contributed by atoms with Gasteiger partial charge in [0.1, 0.15) is 0 Å². The van der Waals surface area contributed by atoms with Crippen molar-refractivity contribution in [1.82, 2.24) is 9.97 Å². The molecule has 1 aromatic heterocycles. The first kappa shape index (κ1) is 21.4. The lowest BCUT2D eigenvalue weighted by atomic mass is 9.98. The van der Waals surface area contributed by atoms with Gasteiger partial charge in [0.15, 0.2) is 5.69 Å². The minimum atomic E-state index is -2.63. The second-order valence-electron chi connectivity index (χ2n) is 9.10. The summed E-state index contributed by atoms with van der Waals surface area (Å²) in [6.07, 6.45) is 3.48. The van der Waals surface area contributed by atoms with Gasteiger partial charge in [0, 0.05) is 6.42 Å². The number of aryl methyl sites for hydroxylation is 1. The van der Waals surface area contributed by atoms with E-state index in [0.717, 1.165) is 17.8 Å². The third-order valence-corrected chi connectivity index (χ3v) is 11.1. The lowest BCUT2D eigenvalue weighted by molar-refractivity contribution is 0.0689. The molecule has 1 aliphatic rings. The normalized spacial score (nSPS) is 16.5. The fraction of sp³-hybridized carbons (Fsp3) is 0.320. The standard InChI is InChI=1S/C25H28N2O3Si/c1-25(2,3)31(19-10-6-4-7-11-19,20-12-8-5-9-13-20)30-18-14-15-21-22(16-18)26-17-23(27-21)24(28)29/h4-13,17-18H,14-16H2,1-3H3,(H,28,29). The van der Waals surface area contributed by atoms with Crippen LogP contribution in [0.15, 0.2) is 66.9 Å². The van der Waals surface area contributed by atoms with E-state index in [1.165, 1.54) is 16.6 Å². The summed E-state index contributed by atoms with van der Waals surface area (Å²) in [5.74, 6) is -1.04. The smallest absolute Gasteiger partial charge is 0.356 e. The summed E-state index contributed by atoms with van der Waals surface area (Å²) in [6.45, 7) is 6.82. The van der Waals surface area contributed by atoms with Crippen molar-refractivity contribution in [1.29, 1.82) is 0 Å². The van der Waals surface area contributed by atoms with Gasteiger partial charge in [-0.25, -0.2) is 9.78 Å². The fourth-order valence-corrected chi connectivity index (χ4v) is 9.30. The van der Waals surface area contributed by atoms with Crippen LogP contribution in [0.2, 0.25) is 5.04 Å². The molecule has 1 N–H and O–H groups in total. The van der Waals surface area contributed by atoms with Crippen molar-refractivity contribution in [3.63, 3.8) is 0 Å². The van der Waals surface area contributed by atoms with Gasteiger partial charge in [0.05, 0.1) is 23.7 Å². The zero-order valence-corrected chi connectivity index (χ0v) is 19.2. The van der Waals surface area contributed by atoms with Crippen LogP contribution in [0.25, 0.3) is 0 Å².